The Morgan fingerprint density at radius 1 is 0.882 bits per heavy atom. The molecule has 17 heavy (non-hydrogen) atoms. The van der Waals surface area contributed by atoms with E-state index in [1.54, 1.807) is 7.11 Å². The Morgan fingerprint density at radius 2 is 1.47 bits per heavy atom. The van der Waals surface area contributed by atoms with Crippen molar-refractivity contribution in [2.75, 3.05) is 7.11 Å². The molecule has 2 rings (SSSR count). The fraction of sp³-hybridized carbons (Fsp3) is 0.267. The molecule has 0 fully saturated rings. The highest BCUT2D eigenvalue weighted by Crippen LogP contribution is 2.13. The van der Waals surface area contributed by atoms with Crippen LogP contribution >= 0.6 is 0 Å². The van der Waals surface area contributed by atoms with Crippen LogP contribution in [0.5, 0.6) is 5.75 Å². The number of aromatic nitrogens is 1. The van der Waals surface area contributed by atoms with Crippen LogP contribution < -0.4 is 4.74 Å². The Bertz CT molecular complexity index is 436. The second-order valence-corrected chi connectivity index (χ2v) is 4.06. The monoisotopic (exact) mass is 227 g/mol. The molecule has 0 aliphatic heterocycles. The molecule has 0 unspecified atom stereocenters. The van der Waals surface area contributed by atoms with Gasteiger partial charge in [0.25, 0.3) is 0 Å². The van der Waals surface area contributed by atoms with Crippen molar-refractivity contribution in [2.45, 2.75) is 19.3 Å². The molecule has 88 valence electrons. The summed E-state index contributed by atoms with van der Waals surface area (Å²) >= 11 is 0. The number of pyridine rings is 1. The molecule has 0 aliphatic carbocycles. The Kier molecular flexibility index (Phi) is 4.14. The topological polar surface area (TPSA) is 22.1 Å². The van der Waals surface area contributed by atoms with Crippen LogP contribution in [0.2, 0.25) is 0 Å². The molecule has 0 saturated carbocycles. The highest BCUT2D eigenvalue weighted by molar-refractivity contribution is 5.27. The molecule has 0 atom stereocenters. The molecule has 1 aromatic heterocycles. The van der Waals surface area contributed by atoms with Crippen LogP contribution in [0.25, 0.3) is 0 Å². The quantitative estimate of drug-likeness (QED) is 0.782. The average Bonchev–Trinajstić information content (AvgIpc) is 2.41. The second kappa shape index (κ2) is 6.04. The molecule has 2 aromatic rings. The molecular formula is C15H17NO. The van der Waals surface area contributed by atoms with Crippen molar-refractivity contribution in [1.29, 1.82) is 0 Å². The first-order valence-corrected chi connectivity index (χ1v) is 5.90. The number of aryl methyl sites for hydroxylation is 2. The van der Waals surface area contributed by atoms with E-state index in [1.807, 2.05) is 24.5 Å². The number of hydrogen-bond acceptors (Lipinski definition) is 2. The van der Waals surface area contributed by atoms with Gasteiger partial charge < -0.3 is 4.74 Å². The first-order valence-electron chi connectivity index (χ1n) is 5.90. The summed E-state index contributed by atoms with van der Waals surface area (Å²) in [5.74, 6) is 0.919. The van der Waals surface area contributed by atoms with Crippen molar-refractivity contribution in [1.82, 2.24) is 4.98 Å². The van der Waals surface area contributed by atoms with Crippen LogP contribution in [0.15, 0.2) is 48.8 Å². The fourth-order valence-corrected chi connectivity index (χ4v) is 1.84. The average molecular weight is 227 g/mol. The highest BCUT2D eigenvalue weighted by atomic mass is 16.5. The molecule has 0 amide bonds. The first-order chi connectivity index (χ1) is 8.38. The highest BCUT2D eigenvalue weighted by Gasteiger charge is 1.96. The van der Waals surface area contributed by atoms with Gasteiger partial charge in [0.2, 0.25) is 0 Å². The minimum atomic E-state index is 0.919. The maximum atomic E-state index is 5.14. The molecule has 0 N–H and O–H groups in total. The summed E-state index contributed by atoms with van der Waals surface area (Å²) < 4.78 is 5.14. The lowest BCUT2D eigenvalue weighted by atomic mass is 10.0. The van der Waals surface area contributed by atoms with E-state index in [1.165, 1.54) is 11.1 Å². The minimum absolute atomic E-state index is 0.919. The molecule has 0 aliphatic rings. The third kappa shape index (κ3) is 3.59. The van der Waals surface area contributed by atoms with E-state index in [0.717, 1.165) is 25.0 Å². The Balaban J connectivity index is 1.82. The lowest BCUT2D eigenvalue weighted by Crippen LogP contribution is -1.90. The summed E-state index contributed by atoms with van der Waals surface area (Å²) in [5, 5.41) is 0. The van der Waals surface area contributed by atoms with Crippen LogP contribution in [-0.2, 0) is 12.8 Å². The zero-order valence-corrected chi connectivity index (χ0v) is 10.1. The standard InChI is InChI=1S/C15H17NO/c1-17-15-7-5-13(6-8-15)3-2-4-14-9-11-16-12-10-14/h5-12H,2-4H2,1H3. The third-order valence-corrected chi connectivity index (χ3v) is 2.84. The fourth-order valence-electron chi connectivity index (χ4n) is 1.84. The lowest BCUT2D eigenvalue weighted by molar-refractivity contribution is 0.414. The Labute approximate surface area is 102 Å². The van der Waals surface area contributed by atoms with E-state index in [4.69, 9.17) is 4.74 Å². The summed E-state index contributed by atoms with van der Waals surface area (Å²) in [4.78, 5) is 4.02. The Hall–Kier alpha value is -1.83. The molecular weight excluding hydrogens is 210 g/mol. The van der Waals surface area contributed by atoms with Gasteiger partial charge in [-0.05, 0) is 54.7 Å². The predicted octanol–water partition coefficient (Wildman–Crippen LogP) is 3.27. The number of methoxy groups -OCH3 is 1. The minimum Gasteiger partial charge on any atom is -0.497 e. The van der Waals surface area contributed by atoms with Gasteiger partial charge in [-0.2, -0.15) is 0 Å². The number of rotatable bonds is 5. The van der Waals surface area contributed by atoms with E-state index in [-0.39, 0.29) is 0 Å². The molecule has 2 nitrogen and oxygen atoms in total. The smallest absolute Gasteiger partial charge is 0.118 e. The van der Waals surface area contributed by atoms with Gasteiger partial charge in [0.05, 0.1) is 7.11 Å². The number of hydrogen-bond donors (Lipinski definition) is 0. The van der Waals surface area contributed by atoms with Gasteiger partial charge in [0, 0.05) is 12.4 Å². The van der Waals surface area contributed by atoms with E-state index >= 15 is 0 Å². The predicted molar refractivity (Wildman–Crippen MR) is 69.3 cm³/mol. The first kappa shape index (κ1) is 11.6. The number of benzene rings is 1. The van der Waals surface area contributed by atoms with E-state index < -0.39 is 0 Å². The van der Waals surface area contributed by atoms with E-state index in [9.17, 15) is 0 Å². The van der Waals surface area contributed by atoms with Gasteiger partial charge in [-0.15, -0.1) is 0 Å². The van der Waals surface area contributed by atoms with E-state index in [2.05, 4.69) is 29.2 Å². The van der Waals surface area contributed by atoms with Crippen LogP contribution in [0.1, 0.15) is 17.5 Å². The maximum Gasteiger partial charge on any atom is 0.118 e. The number of ether oxygens (including phenoxy) is 1. The maximum absolute atomic E-state index is 5.14. The van der Waals surface area contributed by atoms with Crippen molar-refractivity contribution in [3.8, 4) is 5.75 Å². The van der Waals surface area contributed by atoms with Crippen LogP contribution in [0, 0.1) is 0 Å². The van der Waals surface area contributed by atoms with Crippen molar-refractivity contribution in [3.63, 3.8) is 0 Å². The molecule has 1 aromatic carbocycles. The van der Waals surface area contributed by atoms with Gasteiger partial charge in [-0.25, -0.2) is 0 Å². The van der Waals surface area contributed by atoms with Crippen LogP contribution in [0.4, 0.5) is 0 Å². The summed E-state index contributed by atoms with van der Waals surface area (Å²) in [6, 6.07) is 12.4. The van der Waals surface area contributed by atoms with Gasteiger partial charge >= 0.3 is 0 Å². The SMILES string of the molecule is COc1ccc(CCCc2ccncc2)cc1. The largest absolute Gasteiger partial charge is 0.497 e. The van der Waals surface area contributed by atoms with Crippen molar-refractivity contribution >= 4 is 0 Å². The molecule has 1 heterocycles. The second-order valence-electron chi connectivity index (χ2n) is 4.06. The third-order valence-electron chi connectivity index (χ3n) is 2.84. The zero-order chi connectivity index (χ0) is 11.9. The van der Waals surface area contributed by atoms with Gasteiger partial charge in [-0.1, -0.05) is 12.1 Å². The normalized spacial score (nSPS) is 10.2. The molecule has 0 radical (unpaired) electrons. The van der Waals surface area contributed by atoms with Crippen molar-refractivity contribution in [3.05, 3.63) is 59.9 Å². The molecule has 0 spiro atoms. The molecule has 0 saturated heterocycles. The summed E-state index contributed by atoms with van der Waals surface area (Å²) in [7, 11) is 1.69. The van der Waals surface area contributed by atoms with Crippen LogP contribution in [0.3, 0.4) is 0 Å². The van der Waals surface area contributed by atoms with E-state index in [0.29, 0.717) is 0 Å². The molecule has 2 heteroatoms. The number of nitrogens with zero attached hydrogens (tertiary/aromatic N) is 1. The lowest BCUT2D eigenvalue weighted by Gasteiger charge is -2.03. The van der Waals surface area contributed by atoms with Crippen molar-refractivity contribution < 1.29 is 4.74 Å². The Morgan fingerprint density at radius 3 is 2.06 bits per heavy atom. The summed E-state index contributed by atoms with van der Waals surface area (Å²) in [5.41, 5.74) is 2.72. The summed E-state index contributed by atoms with van der Waals surface area (Å²) in [6.45, 7) is 0. The van der Waals surface area contributed by atoms with Crippen molar-refractivity contribution in [2.24, 2.45) is 0 Å². The zero-order valence-electron chi connectivity index (χ0n) is 10.1. The molecule has 0 bridgehead atoms. The summed E-state index contributed by atoms with van der Waals surface area (Å²) in [6.07, 6.45) is 7.07. The van der Waals surface area contributed by atoms with Crippen LogP contribution in [-0.4, -0.2) is 12.1 Å². The van der Waals surface area contributed by atoms with Gasteiger partial charge in [0.1, 0.15) is 5.75 Å². The van der Waals surface area contributed by atoms with Gasteiger partial charge in [0.15, 0.2) is 0 Å². The van der Waals surface area contributed by atoms with Gasteiger partial charge in [-0.3, -0.25) is 4.98 Å².